The molecule has 2 saturated heterocycles. The van der Waals surface area contributed by atoms with Gasteiger partial charge in [0.05, 0.1) is 18.1 Å². The largest absolute Gasteiger partial charge is 0.334 e. The van der Waals surface area contributed by atoms with Gasteiger partial charge in [0.25, 0.3) is 5.91 Å². The fourth-order valence-corrected chi connectivity index (χ4v) is 4.20. The third-order valence-electron chi connectivity index (χ3n) is 6.07. The molecule has 2 aliphatic rings. The Bertz CT molecular complexity index is 905. The van der Waals surface area contributed by atoms with Crippen LogP contribution in [0.1, 0.15) is 37.7 Å². The van der Waals surface area contributed by atoms with Gasteiger partial charge in [-0.25, -0.2) is 0 Å². The number of benzene rings is 1. The molecule has 3 heterocycles. The first kappa shape index (κ1) is 19.6. The fraction of sp³-hybridized carbons (Fsp3) is 0.435. The number of carbonyl (C=O) groups excluding carboxylic acids is 2. The summed E-state index contributed by atoms with van der Waals surface area (Å²) >= 11 is 0. The van der Waals surface area contributed by atoms with Gasteiger partial charge >= 0.3 is 0 Å². The second kappa shape index (κ2) is 7.26. The van der Waals surface area contributed by atoms with Crippen LogP contribution >= 0.6 is 0 Å². The van der Waals surface area contributed by atoms with Crippen LogP contribution in [-0.2, 0) is 4.79 Å². The minimum Gasteiger partial charge on any atom is -0.334 e. The van der Waals surface area contributed by atoms with E-state index in [1.54, 1.807) is 12.3 Å². The lowest BCUT2D eigenvalue weighted by molar-refractivity contribution is -0.137. The SMILES string of the molecule is CC(C)(C)[C@H](N)C(=O)N1C[C@@H]2CC1CN2C(=O)c1ccc(-c2ccccc2)cn1. The van der Waals surface area contributed by atoms with Crippen LogP contribution in [0.25, 0.3) is 11.1 Å². The van der Waals surface area contributed by atoms with Gasteiger partial charge in [0.1, 0.15) is 5.69 Å². The topological polar surface area (TPSA) is 79.5 Å². The highest BCUT2D eigenvalue weighted by Gasteiger charge is 2.49. The molecular weight excluding hydrogens is 364 g/mol. The molecule has 2 bridgehead atoms. The van der Waals surface area contributed by atoms with E-state index in [0.29, 0.717) is 18.8 Å². The molecule has 0 radical (unpaired) electrons. The van der Waals surface area contributed by atoms with E-state index in [1.165, 1.54) is 0 Å². The van der Waals surface area contributed by atoms with Crippen molar-refractivity contribution < 1.29 is 9.59 Å². The minimum absolute atomic E-state index is 0.0116. The van der Waals surface area contributed by atoms with E-state index in [0.717, 1.165) is 17.5 Å². The molecule has 6 nitrogen and oxygen atoms in total. The van der Waals surface area contributed by atoms with Gasteiger partial charge in [-0.1, -0.05) is 57.2 Å². The predicted octanol–water partition coefficient (Wildman–Crippen LogP) is 2.55. The van der Waals surface area contributed by atoms with E-state index in [-0.39, 0.29) is 29.3 Å². The highest BCUT2D eigenvalue weighted by molar-refractivity contribution is 5.93. The number of aromatic nitrogens is 1. The average Bonchev–Trinajstić information content (AvgIpc) is 3.33. The Morgan fingerprint density at radius 3 is 2.21 bits per heavy atom. The highest BCUT2D eigenvalue weighted by atomic mass is 16.2. The van der Waals surface area contributed by atoms with Crippen LogP contribution in [0.2, 0.25) is 0 Å². The fourth-order valence-electron chi connectivity index (χ4n) is 4.20. The van der Waals surface area contributed by atoms with Crippen molar-refractivity contribution in [3.8, 4) is 11.1 Å². The van der Waals surface area contributed by atoms with Crippen molar-refractivity contribution in [3.05, 3.63) is 54.4 Å². The van der Waals surface area contributed by atoms with Crippen LogP contribution in [0.15, 0.2) is 48.7 Å². The zero-order valence-corrected chi connectivity index (χ0v) is 17.2. The van der Waals surface area contributed by atoms with Crippen molar-refractivity contribution in [2.75, 3.05) is 13.1 Å². The standard InChI is InChI=1S/C23H28N4O2/c1-23(2,3)20(24)22(29)27-14-17-11-18(27)13-26(17)21(28)19-10-9-16(12-25-19)15-7-5-4-6-8-15/h4-10,12,17-18,20H,11,13-14,24H2,1-3H3/t17-,18?,20+/m0/s1. The first-order valence-electron chi connectivity index (χ1n) is 10.1. The van der Waals surface area contributed by atoms with E-state index < -0.39 is 6.04 Å². The molecule has 1 unspecified atom stereocenters. The first-order valence-corrected chi connectivity index (χ1v) is 10.1. The Hall–Kier alpha value is -2.73. The van der Waals surface area contributed by atoms with Crippen LogP contribution in [0.4, 0.5) is 0 Å². The maximum Gasteiger partial charge on any atom is 0.272 e. The Labute approximate surface area is 171 Å². The molecular formula is C23H28N4O2. The lowest BCUT2D eigenvalue weighted by Crippen LogP contribution is -2.57. The Kier molecular flexibility index (Phi) is 4.90. The maximum atomic E-state index is 13.0. The quantitative estimate of drug-likeness (QED) is 0.871. The lowest BCUT2D eigenvalue weighted by Gasteiger charge is -2.37. The zero-order valence-electron chi connectivity index (χ0n) is 17.2. The summed E-state index contributed by atoms with van der Waals surface area (Å²) in [7, 11) is 0. The van der Waals surface area contributed by atoms with Gasteiger partial charge in [0.15, 0.2) is 0 Å². The van der Waals surface area contributed by atoms with Gasteiger partial charge in [-0.2, -0.15) is 0 Å². The predicted molar refractivity (Wildman–Crippen MR) is 112 cm³/mol. The number of pyridine rings is 1. The Morgan fingerprint density at radius 1 is 1.00 bits per heavy atom. The maximum absolute atomic E-state index is 13.0. The van der Waals surface area contributed by atoms with Crippen LogP contribution < -0.4 is 5.73 Å². The van der Waals surface area contributed by atoms with Crippen molar-refractivity contribution in [3.63, 3.8) is 0 Å². The highest BCUT2D eigenvalue weighted by Crippen LogP contribution is 2.33. The second-order valence-electron chi connectivity index (χ2n) is 9.13. The molecule has 4 rings (SSSR count). The molecule has 29 heavy (non-hydrogen) atoms. The summed E-state index contributed by atoms with van der Waals surface area (Å²) in [4.78, 5) is 33.9. The number of amides is 2. The van der Waals surface area contributed by atoms with E-state index in [1.807, 2.05) is 67.0 Å². The molecule has 1 aromatic carbocycles. The average molecular weight is 393 g/mol. The smallest absolute Gasteiger partial charge is 0.272 e. The van der Waals surface area contributed by atoms with E-state index >= 15 is 0 Å². The summed E-state index contributed by atoms with van der Waals surface area (Å²) in [6, 6.07) is 13.3. The van der Waals surface area contributed by atoms with Crippen molar-refractivity contribution in [1.82, 2.24) is 14.8 Å². The van der Waals surface area contributed by atoms with Crippen molar-refractivity contribution >= 4 is 11.8 Å². The molecule has 6 heteroatoms. The van der Waals surface area contributed by atoms with E-state index in [4.69, 9.17) is 5.73 Å². The van der Waals surface area contributed by atoms with Gasteiger partial charge in [0.2, 0.25) is 5.91 Å². The molecule has 2 aliphatic heterocycles. The van der Waals surface area contributed by atoms with E-state index in [2.05, 4.69) is 4.98 Å². The monoisotopic (exact) mass is 392 g/mol. The Morgan fingerprint density at radius 2 is 1.66 bits per heavy atom. The summed E-state index contributed by atoms with van der Waals surface area (Å²) in [5.74, 6) is -0.0771. The van der Waals surface area contributed by atoms with Crippen LogP contribution in [-0.4, -0.2) is 57.8 Å². The summed E-state index contributed by atoms with van der Waals surface area (Å²) in [5, 5.41) is 0. The van der Waals surface area contributed by atoms with Crippen molar-refractivity contribution in [2.45, 2.75) is 45.3 Å². The molecule has 0 aliphatic carbocycles. The zero-order chi connectivity index (χ0) is 20.8. The number of nitrogens with zero attached hydrogens (tertiary/aromatic N) is 3. The summed E-state index contributed by atoms with van der Waals surface area (Å²) < 4.78 is 0. The summed E-state index contributed by atoms with van der Waals surface area (Å²) in [5.41, 5.74) is 8.40. The number of fused-ring (bicyclic) bond motifs is 2. The molecule has 3 atom stereocenters. The van der Waals surface area contributed by atoms with Crippen molar-refractivity contribution in [2.24, 2.45) is 11.1 Å². The first-order chi connectivity index (χ1) is 13.8. The minimum atomic E-state index is -0.529. The molecule has 0 spiro atoms. The number of hydrogen-bond donors (Lipinski definition) is 1. The summed E-state index contributed by atoms with van der Waals surface area (Å²) in [6.07, 6.45) is 2.56. The molecule has 2 aromatic rings. The second-order valence-corrected chi connectivity index (χ2v) is 9.13. The molecule has 0 saturated carbocycles. The van der Waals surface area contributed by atoms with Crippen molar-refractivity contribution in [1.29, 1.82) is 0 Å². The lowest BCUT2D eigenvalue weighted by atomic mass is 9.86. The third-order valence-corrected chi connectivity index (χ3v) is 6.07. The van der Waals surface area contributed by atoms with Crippen LogP contribution in [0.3, 0.4) is 0 Å². The number of likely N-dealkylation sites (tertiary alicyclic amines) is 2. The number of hydrogen-bond acceptors (Lipinski definition) is 4. The third kappa shape index (κ3) is 3.65. The van der Waals surface area contributed by atoms with Gasteiger partial charge in [-0.3, -0.25) is 14.6 Å². The molecule has 152 valence electrons. The molecule has 2 amide bonds. The van der Waals surface area contributed by atoms with Gasteiger partial charge in [-0.05, 0) is 23.5 Å². The van der Waals surface area contributed by atoms with Crippen LogP contribution in [0.5, 0.6) is 0 Å². The number of piperazine rings is 1. The normalized spacial score (nSPS) is 22.1. The number of rotatable bonds is 3. The van der Waals surface area contributed by atoms with E-state index in [9.17, 15) is 9.59 Å². The van der Waals surface area contributed by atoms with Gasteiger partial charge in [-0.15, -0.1) is 0 Å². The Balaban J connectivity index is 1.43. The molecule has 1 aromatic heterocycles. The number of nitrogens with two attached hydrogens (primary N) is 1. The number of carbonyl (C=O) groups is 2. The van der Waals surface area contributed by atoms with Gasteiger partial charge < -0.3 is 15.5 Å². The molecule has 2 N–H and O–H groups in total. The summed E-state index contributed by atoms with van der Waals surface area (Å²) in [6.45, 7) is 7.04. The van der Waals surface area contributed by atoms with Crippen LogP contribution in [0, 0.1) is 5.41 Å². The molecule has 2 fully saturated rings. The van der Waals surface area contributed by atoms with Gasteiger partial charge in [0, 0.05) is 24.8 Å².